The third kappa shape index (κ3) is 3.37. The Bertz CT molecular complexity index is 803. The summed E-state index contributed by atoms with van der Waals surface area (Å²) < 4.78 is 8.44. The Morgan fingerprint density at radius 2 is 2.09 bits per heavy atom. The highest BCUT2D eigenvalue weighted by Gasteiger charge is 2.21. The van der Waals surface area contributed by atoms with Gasteiger partial charge in [-0.25, -0.2) is 4.98 Å². The summed E-state index contributed by atoms with van der Waals surface area (Å²) >= 11 is 3.45. The summed E-state index contributed by atoms with van der Waals surface area (Å²) in [6, 6.07) is 9.77. The summed E-state index contributed by atoms with van der Waals surface area (Å²) in [5.41, 5.74) is 1.92. The average molecular weight is 373 g/mol. The van der Waals surface area contributed by atoms with E-state index in [1.807, 2.05) is 48.1 Å². The van der Waals surface area contributed by atoms with Gasteiger partial charge in [0.2, 0.25) is 0 Å². The van der Waals surface area contributed by atoms with Crippen molar-refractivity contribution in [2.45, 2.75) is 6.04 Å². The van der Waals surface area contributed by atoms with Crippen molar-refractivity contribution in [2.24, 2.45) is 7.05 Å². The number of ether oxygens (including phenoxy) is 1. The first-order valence-electron chi connectivity index (χ1n) is 7.16. The van der Waals surface area contributed by atoms with Gasteiger partial charge in [-0.2, -0.15) is 0 Å². The van der Waals surface area contributed by atoms with Gasteiger partial charge in [-0.3, -0.25) is 4.98 Å². The van der Waals surface area contributed by atoms with Gasteiger partial charge in [0.15, 0.2) is 0 Å². The fraction of sp³-hybridized carbons (Fsp3) is 0.176. The molecule has 118 valence electrons. The highest BCUT2D eigenvalue weighted by Crippen LogP contribution is 2.32. The summed E-state index contributed by atoms with van der Waals surface area (Å²) in [6.07, 6.45) is 7.26. The van der Waals surface area contributed by atoms with Crippen LogP contribution in [0.15, 0.2) is 59.6 Å². The highest BCUT2D eigenvalue weighted by atomic mass is 79.9. The number of hydrogen-bond donors (Lipinski definition) is 1. The van der Waals surface area contributed by atoms with Crippen molar-refractivity contribution < 1.29 is 4.74 Å². The number of benzene rings is 1. The number of nitrogens with zero attached hydrogens (tertiary/aromatic N) is 3. The van der Waals surface area contributed by atoms with Crippen molar-refractivity contribution in [2.75, 3.05) is 12.4 Å². The molecule has 6 heteroatoms. The van der Waals surface area contributed by atoms with Gasteiger partial charge in [-0.15, -0.1) is 0 Å². The van der Waals surface area contributed by atoms with Crippen molar-refractivity contribution in [3.8, 4) is 5.75 Å². The van der Waals surface area contributed by atoms with E-state index in [0.717, 1.165) is 27.3 Å². The summed E-state index contributed by atoms with van der Waals surface area (Å²) in [4.78, 5) is 8.71. The van der Waals surface area contributed by atoms with E-state index in [1.54, 1.807) is 25.7 Å². The van der Waals surface area contributed by atoms with E-state index >= 15 is 0 Å². The zero-order valence-electron chi connectivity index (χ0n) is 12.9. The van der Waals surface area contributed by atoms with Crippen LogP contribution >= 0.6 is 15.9 Å². The molecule has 23 heavy (non-hydrogen) atoms. The van der Waals surface area contributed by atoms with Crippen LogP contribution in [0.1, 0.15) is 17.4 Å². The molecule has 1 unspecified atom stereocenters. The van der Waals surface area contributed by atoms with E-state index in [0.29, 0.717) is 0 Å². The lowest BCUT2D eigenvalue weighted by Crippen LogP contribution is -2.17. The number of imidazole rings is 1. The number of nitrogens with one attached hydrogen (secondary N) is 1. The summed E-state index contributed by atoms with van der Waals surface area (Å²) in [7, 11) is 3.65. The van der Waals surface area contributed by atoms with E-state index < -0.39 is 0 Å². The van der Waals surface area contributed by atoms with Crippen molar-refractivity contribution >= 4 is 21.6 Å². The molecule has 0 saturated heterocycles. The monoisotopic (exact) mass is 372 g/mol. The Labute approximate surface area is 143 Å². The number of pyridine rings is 1. The molecule has 0 spiro atoms. The summed E-state index contributed by atoms with van der Waals surface area (Å²) in [5, 5.41) is 3.50. The maximum Gasteiger partial charge on any atom is 0.135 e. The third-order valence-corrected chi connectivity index (χ3v) is 4.02. The molecule has 3 rings (SSSR count). The quantitative estimate of drug-likeness (QED) is 0.740. The lowest BCUT2D eigenvalue weighted by atomic mass is 10.0. The smallest absolute Gasteiger partial charge is 0.135 e. The zero-order valence-corrected chi connectivity index (χ0v) is 14.5. The molecule has 3 aromatic rings. The number of aromatic nitrogens is 3. The first-order chi connectivity index (χ1) is 11.2. The van der Waals surface area contributed by atoms with Gasteiger partial charge in [-0.1, -0.05) is 18.2 Å². The molecule has 0 aliphatic rings. The minimum Gasteiger partial charge on any atom is -0.496 e. The topological polar surface area (TPSA) is 52.0 Å². The maximum absolute atomic E-state index is 5.52. The van der Waals surface area contributed by atoms with Gasteiger partial charge in [-0.05, 0) is 28.1 Å². The van der Waals surface area contributed by atoms with Crippen molar-refractivity contribution in [3.63, 3.8) is 0 Å². The SMILES string of the molecule is COc1ccccc1C(Nc1cncc(Br)c1)c1nccn1C. The van der Waals surface area contributed by atoms with E-state index in [1.165, 1.54) is 0 Å². The molecule has 0 aliphatic carbocycles. The standard InChI is InChI=1S/C17H17BrN4O/c1-22-8-7-20-17(22)16(14-5-3-4-6-15(14)23-2)21-13-9-12(18)10-19-11-13/h3-11,16,21H,1-2H3. The molecule has 0 amide bonds. The largest absolute Gasteiger partial charge is 0.496 e. The van der Waals surface area contributed by atoms with Crippen LogP contribution in [0, 0.1) is 0 Å². The average Bonchev–Trinajstić information content (AvgIpc) is 2.98. The van der Waals surface area contributed by atoms with Crippen molar-refractivity contribution in [1.82, 2.24) is 14.5 Å². The Balaban J connectivity index is 2.06. The Morgan fingerprint density at radius 1 is 1.26 bits per heavy atom. The predicted octanol–water partition coefficient (Wildman–Crippen LogP) is 3.79. The molecule has 0 bridgehead atoms. The number of halogens is 1. The Hall–Kier alpha value is -2.34. The van der Waals surface area contributed by atoms with E-state index in [4.69, 9.17) is 4.74 Å². The van der Waals surface area contributed by atoms with E-state index in [-0.39, 0.29) is 6.04 Å². The van der Waals surface area contributed by atoms with Crippen LogP contribution in [0.3, 0.4) is 0 Å². The van der Waals surface area contributed by atoms with Gasteiger partial charge < -0.3 is 14.6 Å². The molecule has 2 heterocycles. The number of rotatable bonds is 5. The molecule has 2 aromatic heterocycles. The second kappa shape index (κ2) is 6.83. The second-order valence-corrected chi connectivity index (χ2v) is 6.02. The minimum atomic E-state index is -0.151. The highest BCUT2D eigenvalue weighted by molar-refractivity contribution is 9.10. The number of hydrogen-bond acceptors (Lipinski definition) is 4. The molecular weight excluding hydrogens is 356 g/mol. The number of anilines is 1. The van der Waals surface area contributed by atoms with Crippen molar-refractivity contribution in [3.05, 3.63) is 71.0 Å². The van der Waals surface area contributed by atoms with Gasteiger partial charge in [0.1, 0.15) is 17.6 Å². The van der Waals surface area contributed by atoms with Crippen LogP contribution in [0.2, 0.25) is 0 Å². The molecule has 0 radical (unpaired) electrons. The van der Waals surface area contributed by atoms with E-state index in [2.05, 4.69) is 31.2 Å². The second-order valence-electron chi connectivity index (χ2n) is 5.11. The van der Waals surface area contributed by atoms with Crippen LogP contribution in [0.5, 0.6) is 5.75 Å². The van der Waals surface area contributed by atoms with Gasteiger partial charge in [0.25, 0.3) is 0 Å². The molecule has 1 aromatic carbocycles. The van der Waals surface area contributed by atoms with Gasteiger partial charge in [0.05, 0.1) is 19.0 Å². The first kappa shape index (κ1) is 15.6. The summed E-state index contributed by atoms with van der Waals surface area (Å²) in [5.74, 6) is 1.71. The molecule has 0 fully saturated rings. The number of methoxy groups -OCH3 is 1. The van der Waals surface area contributed by atoms with Crippen LogP contribution in [0.4, 0.5) is 5.69 Å². The molecule has 5 nitrogen and oxygen atoms in total. The molecule has 0 aliphatic heterocycles. The zero-order chi connectivity index (χ0) is 16.2. The van der Waals surface area contributed by atoms with Crippen LogP contribution < -0.4 is 10.1 Å². The van der Waals surface area contributed by atoms with Crippen LogP contribution in [-0.2, 0) is 7.05 Å². The molecule has 1 atom stereocenters. The van der Waals surface area contributed by atoms with Crippen LogP contribution in [-0.4, -0.2) is 21.6 Å². The Morgan fingerprint density at radius 3 is 2.78 bits per heavy atom. The normalized spacial score (nSPS) is 12.0. The fourth-order valence-corrected chi connectivity index (χ4v) is 2.86. The first-order valence-corrected chi connectivity index (χ1v) is 7.95. The molecular formula is C17H17BrN4O. The lowest BCUT2D eigenvalue weighted by molar-refractivity contribution is 0.408. The fourth-order valence-electron chi connectivity index (χ4n) is 2.50. The third-order valence-electron chi connectivity index (χ3n) is 3.58. The van der Waals surface area contributed by atoms with E-state index in [9.17, 15) is 0 Å². The van der Waals surface area contributed by atoms with Gasteiger partial charge >= 0.3 is 0 Å². The van der Waals surface area contributed by atoms with Crippen molar-refractivity contribution in [1.29, 1.82) is 0 Å². The maximum atomic E-state index is 5.52. The lowest BCUT2D eigenvalue weighted by Gasteiger charge is -2.22. The predicted molar refractivity (Wildman–Crippen MR) is 93.6 cm³/mol. The molecule has 0 saturated carbocycles. The minimum absolute atomic E-state index is 0.151. The van der Waals surface area contributed by atoms with Gasteiger partial charge in [0, 0.05) is 35.7 Å². The van der Waals surface area contributed by atoms with Crippen LogP contribution in [0.25, 0.3) is 0 Å². The molecule has 1 N–H and O–H groups in total. The Kier molecular flexibility index (Phi) is 4.62. The number of aryl methyl sites for hydroxylation is 1. The summed E-state index contributed by atoms with van der Waals surface area (Å²) in [6.45, 7) is 0. The number of para-hydroxylation sites is 1.